The smallest absolute Gasteiger partial charge is 0.248 e. The van der Waals surface area contributed by atoms with Gasteiger partial charge in [0.25, 0.3) is 0 Å². The molecule has 3 rings (SSSR count). The number of hydrogen-bond acceptors (Lipinski definition) is 3. The maximum absolute atomic E-state index is 13.2. The molecular weight excluding hydrogens is 282 g/mol. The van der Waals surface area contributed by atoms with Crippen LogP contribution < -0.4 is 0 Å². The lowest BCUT2D eigenvalue weighted by molar-refractivity contribution is -0.121. The Morgan fingerprint density at radius 1 is 1.10 bits per heavy atom. The van der Waals surface area contributed by atoms with Crippen molar-refractivity contribution < 1.29 is 18.6 Å². The van der Waals surface area contributed by atoms with Gasteiger partial charge in [0.2, 0.25) is 5.92 Å². The maximum Gasteiger partial charge on any atom is 0.248 e. The van der Waals surface area contributed by atoms with Gasteiger partial charge in [-0.2, -0.15) is 11.8 Å². The minimum Gasteiger partial charge on any atom is -0.393 e. The first kappa shape index (κ1) is 15.0. The number of aliphatic hydroxyl groups is 1. The molecule has 2 nitrogen and oxygen atoms in total. The van der Waals surface area contributed by atoms with Crippen LogP contribution in [-0.2, 0) is 4.74 Å². The molecule has 116 valence electrons. The third kappa shape index (κ3) is 3.14. The Morgan fingerprint density at radius 3 is 2.50 bits per heavy atom. The highest BCUT2D eigenvalue weighted by Crippen LogP contribution is 2.45. The number of rotatable bonds is 2. The zero-order valence-electron chi connectivity index (χ0n) is 11.8. The summed E-state index contributed by atoms with van der Waals surface area (Å²) in [6.07, 6.45) is 3.26. The summed E-state index contributed by atoms with van der Waals surface area (Å²) in [6.45, 7) is 0.713. The van der Waals surface area contributed by atoms with Crippen molar-refractivity contribution in [2.45, 2.75) is 62.6 Å². The Morgan fingerprint density at radius 2 is 1.85 bits per heavy atom. The molecule has 20 heavy (non-hydrogen) atoms. The summed E-state index contributed by atoms with van der Waals surface area (Å²) in [5, 5.41) is 10.6. The fourth-order valence-corrected chi connectivity index (χ4v) is 5.39. The van der Waals surface area contributed by atoms with Crippen molar-refractivity contribution in [3.63, 3.8) is 0 Å². The number of halogens is 2. The fraction of sp³-hybridized carbons (Fsp3) is 1.00. The largest absolute Gasteiger partial charge is 0.393 e. The first-order valence-electron chi connectivity index (χ1n) is 7.77. The van der Waals surface area contributed by atoms with Gasteiger partial charge in [-0.05, 0) is 49.7 Å². The highest BCUT2D eigenvalue weighted by Gasteiger charge is 2.45. The molecule has 2 aliphatic heterocycles. The average molecular weight is 306 g/mol. The van der Waals surface area contributed by atoms with Crippen molar-refractivity contribution in [3.8, 4) is 0 Å². The number of thioether (sulfide) groups is 1. The molecule has 3 aliphatic rings. The van der Waals surface area contributed by atoms with Crippen molar-refractivity contribution in [3.05, 3.63) is 0 Å². The van der Waals surface area contributed by atoms with E-state index >= 15 is 0 Å². The van der Waals surface area contributed by atoms with Crippen LogP contribution >= 0.6 is 11.8 Å². The van der Waals surface area contributed by atoms with Crippen molar-refractivity contribution in [2.24, 2.45) is 11.8 Å². The lowest BCUT2D eigenvalue weighted by atomic mass is 9.74. The molecule has 3 fully saturated rings. The van der Waals surface area contributed by atoms with E-state index in [1.54, 1.807) is 0 Å². The van der Waals surface area contributed by atoms with Crippen molar-refractivity contribution >= 4 is 11.8 Å². The van der Waals surface area contributed by atoms with Crippen LogP contribution in [0.3, 0.4) is 0 Å². The van der Waals surface area contributed by atoms with E-state index in [9.17, 15) is 13.9 Å². The number of ether oxygens (including phenoxy) is 1. The Labute approximate surface area is 123 Å². The van der Waals surface area contributed by atoms with E-state index in [4.69, 9.17) is 4.74 Å². The summed E-state index contributed by atoms with van der Waals surface area (Å²) in [5.74, 6) is -0.0462. The van der Waals surface area contributed by atoms with Gasteiger partial charge < -0.3 is 9.84 Å². The summed E-state index contributed by atoms with van der Waals surface area (Å²) < 4.78 is 32.4. The van der Waals surface area contributed by atoms with Crippen LogP contribution in [0.4, 0.5) is 8.78 Å². The van der Waals surface area contributed by atoms with E-state index in [1.807, 2.05) is 11.8 Å². The number of aliphatic hydroxyl groups excluding tert-OH is 1. The maximum atomic E-state index is 13.2. The molecule has 1 saturated carbocycles. The minimum atomic E-state index is -2.50. The number of alkyl halides is 2. The molecule has 1 aliphatic carbocycles. The fourth-order valence-electron chi connectivity index (χ4n) is 4.01. The Balaban J connectivity index is 1.58. The van der Waals surface area contributed by atoms with E-state index in [1.165, 1.54) is 0 Å². The molecule has 3 unspecified atom stereocenters. The Hall–Kier alpha value is 0.130. The second kappa shape index (κ2) is 5.73. The van der Waals surface area contributed by atoms with Gasteiger partial charge in [-0.25, -0.2) is 8.78 Å². The third-order valence-corrected chi connectivity index (χ3v) is 6.55. The molecular formula is C15H24F2O2S. The van der Waals surface area contributed by atoms with Crippen LogP contribution in [0, 0.1) is 11.8 Å². The van der Waals surface area contributed by atoms with Crippen molar-refractivity contribution in [1.29, 1.82) is 0 Å². The standard InChI is InChI=1S/C15H24F2O2S/c16-15(17)4-1-11(2-5-15)13(18)12-3-7-19-14(9-12)6-8-20-10-14/h11-13,18H,1-10H2. The predicted octanol–water partition coefficient (Wildman–Crippen LogP) is 3.48. The molecule has 3 atom stereocenters. The summed E-state index contributed by atoms with van der Waals surface area (Å²) in [4.78, 5) is 0. The average Bonchev–Trinajstić information content (AvgIpc) is 2.86. The van der Waals surface area contributed by atoms with Gasteiger partial charge in [-0.1, -0.05) is 0 Å². The summed E-state index contributed by atoms with van der Waals surface area (Å²) in [6, 6.07) is 0. The van der Waals surface area contributed by atoms with Gasteiger partial charge in [0.1, 0.15) is 0 Å². The zero-order valence-corrected chi connectivity index (χ0v) is 12.6. The highest BCUT2D eigenvalue weighted by atomic mass is 32.2. The van der Waals surface area contributed by atoms with Crippen LogP contribution in [0.1, 0.15) is 44.9 Å². The molecule has 0 aromatic carbocycles. The predicted molar refractivity (Wildman–Crippen MR) is 76.3 cm³/mol. The molecule has 0 aromatic heterocycles. The van der Waals surface area contributed by atoms with Crippen molar-refractivity contribution in [2.75, 3.05) is 18.1 Å². The summed E-state index contributed by atoms with van der Waals surface area (Å²) in [5.41, 5.74) is -0.0346. The molecule has 2 saturated heterocycles. The van der Waals surface area contributed by atoms with Crippen LogP contribution in [0.2, 0.25) is 0 Å². The monoisotopic (exact) mass is 306 g/mol. The molecule has 2 heterocycles. The second-order valence-corrected chi connectivity index (χ2v) is 7.88. The lowest BCUT2D eigenvalue weighted by Gasteiger charge is -2.42. The van der Waals surface area contributed by atoms with Gasteiger partial charge >= 0.3 is 0 Å². The number of hydrogen-bond donors (Lipinski definition) is 1. The van der Waals surface area contributed by atoms with E-state index in [0.29, 0.717) is 19.4 Å². The first-order valence-corrected chi connectivity index (χ1v) is 8.93. The van der Waals surface area contributed by atoms with Crippen molar-refractivity contribution in [1.82, 2.24) is 0 Å². The minimum absolute atomic E-state index is 0.0346. The van der Waals surface area contributed by atoms with Gasteiger partial charge in [-0.3, -0.25) is 0 Å². The summed E-state index contributed by atoms with van der Waals surface area (Å²) >= 11 is 1.92. The van der Waals surface area contributed by atoms with Crippen LogP contribution in [0.25, 0.3) is 0 Å². The molecule has 0 bridgehead atoms. The van der Waals surface area contributed by atoms with Crippen LogP contribution in [0.5, 0.6) is 0 Å². The quantitative estimate of drug-likeness (QED) is 0.847. The van der Waals surface area contributed by atoms with Crippen LogP contribution in [0.15, 0.2) is 0 Å². The third-order valence-electron chi connectivity index (χ3n) is 5.33. The van der Waals surface area contributed by atoms with E-state index in [0.717, 1.165) is 30.8 Å². The topological polar surface area (TPSA) is 29.5 Å². The molecule has 1 spiro atoms. The molecule has 1 N–H and O–H groups in total. The van der Waals surface area contributed by atoms with Gasteiger partial charge in [0.15, 0.2) is 0 Å². The van der Waals surface area contributed by atoms with E-state index in [2.05, 4.69) is 0 Å². The second-order valence-electron chi connectivity index (χ2n) is 6.77. The normalized spacial score (nSPS) is 40.0. The molecule has 0 radical (unpaired) electrons. The Kier molecular flexibility index (Phi) is 4.31. The summed E-state index contributed by atoms with van der Waals surface area (Å²) in [7, 11) is 0. The SMILES string of the molecule is OC(C1CCC(F)(F)CC1)C1CCOC2(CCSC2)C1. The lowest BCUT2D eigenvalue weighted by Crippen LogP contribution is -2.45. The van der Waals surface area contributed by atoms with Gasteiger partial charge in [-0.15, -0.1) is 0 Å². The Bertz CT molecular complexity index is 335. The van der Waals surface area contributed by atoms with Crippen LogP contribution in [-0.4, -0.2) is 40.8 Å². The molecule has 0 amide bonds. The van der Waals surface area contributed by atoms with Gasteiger partial charge in [0.05, 0.1) is 11.7 Å². The zero-order chi connectivity index (χ0) is 14.2. The highest BCUT2D eigenvalue weighted by molar-refractivity contribution is 7.99. The molecule has 0 aromatic rings. The molecule has 5 heteroatoms. The van der Waals surface area contributed by atoms with Gasteiger partial charge in [0, 0.05) is 25.2 Å². The van der Waals surface area contributed by atoms with E-state index < -0.39 is 12.0 Å². The first-order chi connectivity index (χ1) is 9.50. The van der Waals surface area contributed by atoms with E-state index in [-0.39, 0.29) is 30.3 Å².